The fraction of sp³-hybridized carbons (Fsp3) is 0.690. The van der Waals surface area contributed by atoms with Gasteiger partial charge in [0.05, 0.1) is 23.6 Å². The van der Waals surface area contributed by atoms with E-state index in [1.54, 1.807) is 12.4 Å². The van der Waals surface area contributed by atoms with Gasteiger partial charge in [-0.15, -0.1) is 0 Å². The maximum absolute atomic E-state index is 13.6. The van der Waals surface area contributed by atoms with Crippen molar-refractivity contribution >= 4 is 17.0 Å². The normalized spacial score (nSPS) is 25.7. The van der Waals surface area contributed by atoms with Gasteiger partial charge < -0.3 is 4.74 Å². The summed E-state index contributed by atoms with van der Waals surface area (Å²) in [4.78, 5) is 24.6. The van der Waals surface area contributed by atoms with Gasteiger partial charge >= 0.3 is 5.97 Å². The Morgan fingerprint density at radius 3 is 2.50 bits per heavy atom. The van der Waals surface area contributed by atoms with Crippen LogP contribution in [0.4, 0.5) is 8.78 Å². The number of hydrogen-bond donors (Lipinski definition) is 0. The average molecular weight is 502 g/mol. The molecule has 2 aromatic rings. The standard InChI is InChI=1S/C29H41F2N3O2/c1-27(2,3)23-17-28(26(35)36-4,11-5-6-21-9-12-29(30,31)13-10-21)20-34(19-23)18-22-7-8-24-25(16-22)33-15-14-32-24/h7-8,14-16,21,23H,5-6,9-13,17-20H2,1-4H3/t23-,28-/m1/s1. The molecule has 1 aromatic heterocycles. The maximum atomic E-state index is 13.6. The van der Waals surface area contributed by atoms with Gasteiger partial charge in [0.15, 0.2) is 0 Å². The number of aromatic nitrogens is 2. The van der Waals surface area contributed by atoms with Crippen LogP contribution < -0.4 is 0 Å². The van der Waals surface area contributed by atoms with E-state index in [4.69, 9.17) is 4.74 Å². The number of benzene rings is 1. The minimum Gasteiger partial charge on any atom is -0.469 e. The van der Waals surface area contributed by atoms with Crippen molar-refractivity contribution in [1.82, 2.24) is 14.9 Å². The molecule has 2 aliphatic rings. The first-order chi connectivity index (χ1) is 17.0. The zero-order valence-corrected chi connectivity index (χ0v) is 22.2. The Labute approximate surface area is 214 Å². The van der Waals surface area contributed by atoms with Crippen LogP contribution in [0, 0.1) is 22.7 Å². The number of carbonyl (C=O) groups excluding carboxylic acids is 1. The molecule has 1 aromatic carbocycles. The van der Waals surface area contributed by atoms with Gasteiger partial charge in [-0.3, -0.25) is 19.7 Å². The summed E-state index contributed by atoms with van der Waals surface area (Å²) in [7, 11) is 1.49. The van der Waals surface area contributed by atoms with E-state index in [0.717, 1.165) is 55.4 Å². The number of rotatable bonds is 7. The second kappa shape index (κ2) is 10.7. The Balaban J connectivity index is 1.51. The average Bonchev–Trinajstić information content (AvgIpc) is 2.84. The van der Waals surface area contributed by atoms with E-state index in [2.05, 4.69) is 47.8 Å². The molecule has 0 amide bonds. The molecule has 2 fully saturated rings. The molecule has 2 atom stereocenters. The molecule has 1 aliphatic heterocycles. The number of hydrogen-bond acceptors (Lipinski definition) is 5. The van der Waals surface area contributed by atoms with Gasteiger partial charge in [-0.1, -0.05) is 39.7 Å². The number of halogens is 2. The SMILES string of the molecule is COC(=O)[C@]1(CCCC2CCC(F)(F)CC2)C[C@@H](C(C)(C)C)CN(Cc2ccc3nccnc3c2)C1. The molecule has 1 saturated heterocycles. The summed E-state index contributed by atoms with van der Waals surface area (Å²) >= 11 is 0. The van der Waals surface area contributed by atoms with E-state index >= 15 is 0 Å². The Morgan fingerprint density at radius 1 is 1.14 bits per heavy atom. The molecular formula is C29H41F2N3O2. The van der Waals surface area contributed by atoms with Crippen molar-refractivity contribution in [2.75, 3.05) is 20.2 Å². The number of ether oxygens (including phenoxy) is 1. The predicted molar refractivity (Wildman–Crippen MR) is 138 cm³/mol. The van der Waals surface area contributed by atoms with Gasteiger partial charge in [0.2, 0.25) is 5.92 Å². The Bertz CT molecular complexity index is 1040. The lowest BCUT2D eigenvalue weighted by Gasteiger charge is -2.48. The lowest BCUT2D eigenvalue weighted by Crippen LogP contribution is -2.53. The van der Waals surface area contributed by atoms with E-state index in [1.165, 1.54) is 7.11 Å². The lowest BCUT2D eigenvalue weighted by atomic mass is 9.65. The van der Waals surface area contributed by atoms with Gasteiger partial charge in [-0.2, -0.15) is 0 Å². The summed E-state index contributed by atoms with van der Waals surface area (Å²) in [5.41, 5.74) is 2.36. The quantitative estimate of drug-likeness (QED) is 0.398. The van der Waals surface area contributed by atoms with Crippen LogP contribution in [0.5, 0.6) is 0 Å². The van der Waals surface area contributed by atoms with Crippen LogP contribution in [0.25, 0.3) is 11.0 Å². The second-order valence-corrected chi connectivity index (χ2v) is 12.3. The molecule has 0 radical (unpaired) electrons. The number of alkyl halides is 2. The van der Waals surface area contributed by atoms with E-state index in [-0.39, 0.29) is 24.2 Å². The van der Waals surface area contributed by atoms with Gasteiger partial charge in [0.1, 0.15) is 0 Å². The Kier molecular flexibility index (Phi) is 7.98. The summed E-state index contributed by atoms with van der Waals surface area (Å²) in [6, 6.07) is 6.18. The molecule has 0 spiro atoms. The van der Waals surface area contributed by atoms with Crippen LogP contribution >= 0.6 is 0 Å². The zero-order chi connectivity index (χ0) is 26.0. The number of piperidine rings is 1. The molecule has 5 nitrogen and oxygen atoms in total. The fourth-order valence-electron chi connectivity index (χ4n) is 6.24. The number of carbonyl (C=O) groups is 1. The van der Waals surface area contributed by atoms with Crippen molar-refractivity contribution in [3.8, 4) is 0 Å². The number of esters is 1. The molecule has 0 N–H and O–H groups in total. The largest absolute Gasteiger partial charge is 0.469 e. The summed E-state index contributed by atoms with van der Waals surface area (Å²) in [6.45, 7) is 9.03. The van der Waals surface area contributed by atoms with Crippen molar-refractivity contribution in [2.24, 2.45) is 22.7 Å². The predicted octanol–water partition coefficient (Wildman–Crippen LogP) is 6.65. The number of fused-ring (bicyclic) bond motifs is 1. The molecule has 1 aliphatic carbocycles. The van der Waals surface area contributed by atoms with Gasteiger partial charge in [-0.05, 0) is 60.6 Å². The van der Waals surface area contributed by atoms with E-state index in [9.17, 15) is 13.6 Å². The van der Waals surface area contributed by atoms with Crippen molar-refractivity contribution in [3.63, 3.8) is 0 Å². The molecule has 1 saturated carbocycles. The molecular weight excluding hydrogens is 460 g/mol. The van der Waals surface area contributed by atoms with Crippen LogP contribution in [-0.4, -0.2) is 47.0 Å². The highest BCUT2D eigenvalue weighted by atomic mass is 19.3. The lowest BCUT2D eigenvalue weighted by molar-refractivity contribution is -0.161. The van der Waals surface area contributed by atoms with E-state index in [0.29, 0.717) is 31.2 Å². The number of likely N-dealkylation sites (tertiary alicyclic amines) is 1. The summed E-state index contributed by atoms with van der Waals surface area (Å²) in [5, 5.41) is 0. The third kappa shape index (κ3) is 6.39. The molecule has 198 valence electrons. The number of nitrogens with zero attached hydrogens (tertiary/aromatic N) is 3. The Hall–Kier alpha value is -2.15. The van der Waals surface area contributed by atoms with Crippen LogP contribution in [0.2, 0.25) is 0 Å². The summed E-state index contributed by atoms with van der Waals surface area (Å²) < 4.78 is 32.6. The monoisotopic (exact) mass is 501 g/mol. The van der Waals surface area contributed by atoms with Crippen LogP contribution in [0.15, 0.2) is 30.6 Å². The number of methoxy groups -OCH3 is 1. The van der Waals surface area contributed by atoms with E-state index in [1.807, 2.05) is 6.07 Å². The van der Waals surface area contributed by atoms with Crippen LogP contribution in [0.1, 0.15) is 77.7 Å². The van der Waals surface area contributed by atoms with E-state index < -0.39 is 11.3 Å². The summed E-state index contributed by atoms with van der Waals surface area (Å²) in [5.74, 6) is -1.97. The van der Waals surface area contributed by atoms with Gasteiger partial charge in [0, 0.05) is 44.9 Å². The summed E-state index contributed by atoms with van der Waals surface area (Å²) in [6.07, 6.45) is 7.86. The zero-order valence-electron chi connectivity index (χ0n) is 22.2. The first-order valence-electron chi connectivity index (χ1n) is 13.4. The molecule has 4 rings (SSSR count). The molecule has 36 heavy (non-hydrogen) atoms. The fourth-order valence-corrected chi connectivity index (χ4v) is 6.24. The smallest absolute Gasteiger partial charge is 0.313 e. The molecule has 7 heteroatoms. The minimum absolute atomic E-state index is 0.00414. The van der Waals surface area contributed by atoms with Crippen molar-refractivity contribution in [1.29, 1.82) is 0 Å². The van der Waals surface area contributed by atoms with Crippen LogP contribution in [0.3, 0.4) is 0 Å². The van der Waals surface area contributed by atoms with Crippen molar-refractivity contribution in [3.05, 3.63) is 36.2 Å². The third-order valence-corrected chi connectivity index (χ3v) is 8.53. The van der Waals surface area contributed by atoms with Crippen LogP contribution in [-0.2, 0) is 16.1 Å². The molecule has 2 heterocycles. The van der Waals surface area contributed by atoms with Gasteiger partial charge in [0.25, 0.3) is 0 Å². The first kappa shape index (κ1) is 26.9. The highest BCUT2D eigenvalue weighted by Crippen LogP contribution is 2.46. The first-order valence-corrected chi connectivity index (χ1v) is 13.4. The van der Waals surface area contributed by atoms with Crippen molar-refractivity contribution in [2.45, 2.75) is 84.6 Å². The Morgan fingerprint density at radius 2 is 1.83 bits per heavy atom. The topological polar surface area (TPSA) is 55.3 Å². The third-order valence-electron chi connectivity index (χ3n) is 8.53. The molecule has 0 unspecified atom stereocenters. The highest BCUT2D eigenvalue weighted by Gasteiger charge is 2.48. The van der Waals surface area contributed by atoms with Gasteiger partial charge in [-0.25, -0.2) is 8.78 Å². The second-order valence-electron chi connectivity index (χ2n) is 12.3. The van der Waals surface area contributed by atoms with Crippen molar-refractivity contribution < 1.29 is 18.3 Å². The maximum Gasteiger partial charge on any atom is 0.313 e. The highest BCUT2D eigenvalue weighted by molar-refractivity contribution is 5.77. The molecule has 0 bridgehead atoms. The minimum atomic E-state index is -2.50.